The number of nitrogens with zero attached hydrogens (tertiary/aromatic N) is 1. The highest BCUT2D eigenvalue weighted by Gasteiger charge is 2.09. The monoisotopic (exact) mass is 245 g/mol. The Labute approximate surface area is 110 Å². The molecular formula is C17H11NO. The van der Waals surface area contributed by atoms with Crippen molar-refractivity contribution in [1.29, 1.82) is 0 Å². The fourth-order valence-corrected chi connectivity index (χ4v) is 2.82. The molecule has 0 aromatic heterocycles. The molecule has 0 atom stereocenters. The van der Waals surface area contributed by atoms with Crippen LogP contribution in [-0.4, -0.2) is 10.9 Å². The molecule has 0 fully saturated rings. The smallest absolute Gasteiger partial charge is 0.103 e. The van der Waals surface area contributed by atoms with E-state index in [1.165, 1.54) is 27.1 Å². The molecule has 2 heteroatoms. The van der Waals surface area contributed by atoms with Crippen molar-refractivity contribution in [2.24, 2.45) is 5.16 Å². The summed E-state index contributed by atoms with van der Waals surface area (Å²) >= 11 is 0. The van der Waals surface area contributed by atoms with Crippen molar-refractivity contribution >= 4 is 40.8 Å². The van der Waals surface area contributed by atoms with Crippen molar-refractivity contribution in [2.45, 2.75) is 0 Å². The second-order valence-corrected chi connectivity index (χ2v) is 4.76. The Kier molecular flexibility index (Phi) is 2.00. The molecular weight excluding hydrogens is 234 g/mol. The molecule has 90 valence electrons. The van der Waals surface area contributed by atoms with Crippen LogP contribution in [0.2, 0.25) is 0 Å². The fourth-order valence-electron chi connectivity index (χ4n) is 2.82. The first-order chi connectivity index (χ1) is 9.36. The SMILES string of the molecule is ON=C1C=Cc2c(ccc3c4c(ccc23)=CC=C4)=C1. The second kappa shape index (κ2) is 3.69. The van der Waals surface area contributed by atoms with Crippen LogP contribution in [0, 0.1) is 0 Å². The van der Waals surface area contributed by atoms with E-state index in [9.17, 15) is 0 Å². The maximum atomic E-state index is 8.85. The van der Waals surface area contributed by atoms with E-state index in [4.69, 9.17) is 5.21 Å². The van der Waals surface area contributed by atoms with Crippen LogP contribution in [-0.2, 0) is 0 Å². The van der Waals surface area contributed by atoms with Gasteiger partial charge in [-0.2, -0.15) is 0 Å². The minimum Gasteiger partial charge on any atom is -0.410 e. The van der Waals surface area contributed by atoms with Gasteiger partial charge in [-0.05, 0) is 44.5 Å². The van der Waals surface area contributed by atoms with Crippen LogP contribution in [0.1, 0.15) is 11.1 Å². The van der Waals surface area contributed by atoms with E-state index in [0.29, 0.717) is 5.71 Å². The third kappa shape index (κ3) is 1.40. The number of benzene rings is 2. The Hall–Kier alpha value is -2.61. The highest BCUT2D eigenvalue weighted by molar-refractivity contribution is 6.21. The summed E-state index contributed by atoms with van der Waals surface area (Å²) in [7, 11) is 0. The highest BCUT2D eigenvalue weighted by atomic mass is 16.4. The molecule has 0 aliphatic heterocycles. The van der Waals surface area contributed by atoms with Crippen LogP contribution in [0.3, 0.4) is 0 Å². The van der Waals surface area contributed by atoms with E-state index in [1.54, 1.807) is 0 Å². The number of rotatable bonds is 0. The molecule has 2 nitrogen and oxygen atoms in total. The van der Waals surface area contributed by atoms with Gasteiger partial charge in [0.2, 0.25) is 0 Å². The second-order valence-electron chi connectivity index (χ2n) is 4.76. The summed E-state index contributed by atoms with van der Waals surface area (Å²) in [5, 5.41) is 17.0. The lowest BCUT2D eigenvalue weighted by molar-refractivity contribution is 0.320. The van der Waals surface area contributed by atoms with Gasteiger partial charge >= 0.3 is 0 Å². The molecule has 2 aliphatic rings. The van der Waals surface area contributed by atoms with Gasteiger partial charge in [0.15, 0.2) is 0 Å². The third-order valence-corrected chi connectivity index (χ3v) is 3.73. The van der Waals surface area contributed by atoms with Gasteiger partial charge in [-0.1, -0.05) is 53.7 Å². The topological polar surface area (TPSA) is 32.6 Å². The zero-order valence-electron chi connectivity index (χ0n) is 10.2. The average Bonchev–Trinajstić information content (AvgIpc) is 2.94. The predicted molar refractivity (Wildman–Crippen MR) is 79.4 cm³/mol. The van der Waals surface area contributed by atoms with Gasteiger partial charge < -0.3 is 5.21 Å². The van der Waals surface area contributed by atoms with Crippen LogP contribution in [0.4, 0.5) is 0 Å². The van der Waals surface area contributed by atoms with Crippen LogP contribution >= 0.6 is 0 Å². The molecule has 0 spiro atoms. The van der Waals surface area contributed by atoms with Crippen molar-refractivity contribution in [1.82, 2.24) is 0 Å². The zero-order chi connectivity index (χ0) is 12.8. The largest absolute Gasteiger partial charge is 0.410 e. The van der Waals surface area contributed by atoms with Crippen molar-refractivity contribution < 1.29 is 5.21 Å². The normalized spacial score (nSPS) is 17.2. The molecule has 4 rings (SSSR count). The molecule has 2 aromatic rings. The molecule has 0 saturated heterocycles. The Bertz CT molecular complexity index is 914. The maximum absolute atomic E-state index is 8.85. The fraction of sp³-hybridized carbons (Fsp3) is 0. The molecule has 2 aliphatic carbocycles. The lowest BCUT2D eigenvalue weighted by Crippen LogP contribution is -2.13. The molecule has 0 bridgehead atoms. The number of hydrogen-bond donors (Lipinski definition) is 1. The van der Waals surface area contributed by atoms with E-state index in [0.717, 1.165) is 5.22 Å². The summed E-state index contributed by atoms with van der Waals surface area (Å²) in [5.74, 6) is 0. The molecule has 1 N–H and O–H groups in total. The van der Waals surface area contributed by atoms with Crippen LogP contribution in [0.25, 0.3) is 35.1 Å². The van der Waals surface area contributed by atoms with Crippen molar-refractivity contribution in [2.75, 3.05) is 0 Å². The van der Waals surface area contributed by atoms with E-state index >= 15 is 0 Å². The first-order valence-corrected chi connectivity index (χ1v) is 6.23. The minimum absolute atomic E-state index is 0.584. The van der Waals surface area contributed by atoms with Gasteiger partial charge in [-0.15, -0.1) is 0 Å². The molecule has 0 amide bonds. The minimum atomic E-state index is 0.584. The van der Waals surface area contributed by atoms with Gasteiger partial charge in [0, 0.05) is 0 Å². The first kappa shape index (κ1) is 10.3. The predicted octanol–water partition coefficient (Wildman–Crippen LogP) is 2.28. The van der Waals surface area contributed by atoms with E-state index in [2.05, 4.69) is 47.6 Å². The number of allylic oxidation sites excluding steroid dienone is 2. The quantitative estimate of drug-likeness (QED) is 0.560. The van der Waals surface area contributed by atoms with Gasteiger partial charge in [-0.3, -0.25) is 0 Å². The van der Waals surface area contributed by atoms with Crippen molar-refractivity contribution in [3.8, 4) is 0 Å². The number of fused-ring (bicyclic) bond motifs is 5. The summed E-state index contributed by atoms with van der Waals surface area (Å²) in [6.07, 6.45) is 12.1. The zero-order valence-corrected chi connectivity index (χ0v) is 10.2. The molecule has 0 radical (unpaired) electrons. The summed E-state index contributed by atoms with van der Waals surface area (Å²) in [6, 6.07) is 8.54. The molecule has 19 heavy (non-hydrogen) atoms. The van der Waals surface area contributed by atoms with Crippen LogP contribution in [0.15, 0.2) is 41.6 Å². The van der Waals surface area contributed by atoms with Gasteiger partial charge in [0.25, 0.3) is 0 Å². The molecule has 0 unspecified atom stereocenters. The van der Waals surface area contributed by atoms with Crippen LogP contribution < -0.4 is 10.4 Å². The Morgan fingerprint density at radius 3 is 2.32 bits per heavy atom. The van der Waals surface area contributed by atoms with Crippen molar-refractivity contribution in [3.63, 3.8) is 0 Å². The summed E-state index contributed by atoms with van der Waals surface area (Å²) in [4.78, 5) is 0. The lowest BCUT2D eigenvalue weighted by atomic mass is 9.95. The van der Waals surface area contributed by atoms with E-state index in [-0.39, 0.29) is 0 Å². The standard InChI is InChI=1S/C17H11NO/c19-18-13-6-9-15-12(10-13)5-8-16-14-3-1-2-11(14)4-7-17(15)16/h1-10,19H. The molecule has 0 saturated carbocycles. The number of oxime groups is 1. The first-order valence-electron chi connectivity index (χ1n) is 6.23. The van der Waals surface area contributed by atoms with Gasteiger partial charge in [0.05, 0.1) is 0 Å². The lowest BCUT2D eigenvalue weighted by Gasteiger charge is -2.09. The third-order valence-electron chi connectivity index (χ3n) is 3.73. The number of hydrogen-bond acceptors (Lipinski definition) is 2. The van der Waals surface area contributed by atoms with Crippen LogP contribution in [0.5, 0.6) is 0 Å². The van der Waals surface area contributed by atoms with Gasteiger partial charge in [-0.25, -0.2) is 0 Å². The summed E-state index contributed by atoms with van der Waals surface area (Å²) < 4.78 is 0. The summed E-state index contributed by atoms with van der Waals surface area (Å²) in [5.41, 5.74) is 3.06. The highest BCUT2D eigenvalue weighted by Crippen LogP contribution is 2.22. The molecule has 0 heterocycles. The Balaban J connectivity index is 2.16. The Morgan fingerprint density at radius 2 is 1.53 bits per heavy atom. The van der Waals surface area contributed by atoms with E-state index < -0.39 is 0 Å². The maximum Gasteiger partial charge on any atom is 0.103 e. The summed E-state index contributed by atoms with van der Waals surface area (Å²) in [6.45, 7) is 0. The van der Waals surface area contributed by atoms with Gasteiger partial charge in [0.1, 0.15) is 5.71 Å². The van der Waals surface area contributed by atoms with E-state index in [1.807, 2.05) is 18.2 Å². The molecule has 2 aromatic carbocycles. The van der Waals surface area contributed by atoms with Crippen molar-refractivity contribution in [3.05, 3.63) is 58.0 Å². The Morgan fingerprint density at radius 1 is 0.789 bits per heavy atom. The average molecular weight is 245 g/mol.